The fourth-order valence-corrected chi connectivity index (χ4v) is 3.18. The van der Waals surface area contributed by atoms with Crippen molar-refractivity contribution in [3.8, 4) is 11.3 Å². The number of anilines is 1. The van der Waals surface area contributed by atoms with Crippen LogP contribution < -0.4 is 5.32 Å². The number of aromatic nitrogens is 1. The Hall–Kier alpha value is -2.30. The van der Waals surface area contributed by atoms with Gasteiger partial charge in [0.1, 0.15) is 5.92 Å². The van der Waals surface area contributed by atoms with Crippen LogP contribution in [-0.2, 0) is 4.79 Å². The zero-order valence-electron chi connectivity index (χ0n) is 13.3. The number of alkyl halides is 2. The number of benzene rings is 1. The summed E-state index contributed by atoms with van der Waals surface area (Å²) in [7, 11) is 0. The number of pyridine rings is 1. The molecule has 24 heavy (non-hydrogen) atoms. The predicted molar refractivity (Wildman–Crippen MR) is 87.9 cm³/mol. The minimum Gasteiger partial charge on any atom is -0.326 e. The molecule has 2 fully saturated rings. The minimum atomic E-state index is -2.85. The normalized spacial score (nSPS) is 26.7. The van der Waals surface area contributed by atoms with Crippen LogP contribution in [0, 0.1) is 11.8 Å². The van der Waals surface area contributed by atoms with Crippen molar-refractivity contribution in [2.24, 2.45) is 11.8 Å². The fourth-order valence-electron chi connectivity index (χ4n) is 3.18. The van der Waals surface area contributed by atoms with Crippen LogP contribution in [0.4, 0.5) is 14.5 Å². The van der Waals surface area contributed by atoms with Crippen molar-refractivity contribution in [2.45, 2.75) is 31.6 Å². The van der Waals surface area contributed by atoms with Gasteiger partial charge in [-0.25, -0.2) is 8.78 Å². The van der Waals surface area contributed by atoms with E-state index < -0.39 is 17.7 Å². The number of nitrogens with zero attached hydrogens (tertiary/aromatic N) is 1. The molecule has 1 aromatic carbocycles. The second-order valence-corrected chi connectivity index (χ2v) is 6.84. The Balaban J connectivity index is 1.64. The molecule has 0 saturated heterocycles. The van der Waals surface area contributed by atoms with E-state index in [0.717, 1.165) is 17.7 Å². The van der Waals surface area contributed by atoms with Gasteiger partial charge in [-0.15, -0.1) is 0 Å². The predicted octanol–water partition coefficient (Wildman–Crippen LogP) is 4.47. The first-order valence-electron chi connectivity index (χ1n) is 8.20. The molecule has 0 aliphatic heterocycles. The number of carbonyl (C=O) groups is 1. The Morgan fingerprint density at radius 1 is 1.29 bits per heavy atom. The van der Waals surface area contributed by atoms with Crippen LogP contribution in [0.3, 0.4) is 0 Å². The highest BCUT2D eigenvalue weighted by Gasteiger charge is 2.61. The SMILES string of the molecule is C[C@@H]1C[C@H]1c1ccc(NC(=O)[C@H]2CC2(F)F)cc1-c1ccccn1. The second-order valence-electron chi connectivity index (χ2n) is 6.84. The number of amides is 1. The van der Waals surface area contributed by atoms with Gasteiger partial charge in [0.25, 0.3) is 5.92 Å². The number of hydrogen-bond acceptors (Lipinski definition) is 2. The van der Waals surface area contributed by atoms with Gasteiger partial charge in [-0.3, -0.25) is 9.78 Å². The molecule has 2 saturated carbocycles. The highest BCUT2D eigenvalue weighted by molar-refractivity contribution is 5.96. The number of carbonyl (C=O) groups excluding carboxylic acids is 1. The topological polar surface area (TPSA) is 42.0 Å². The molecule has 1 heterocycles. The van der Waals surface area contributed by atoms with Crippen molar-refractivity contribution in [3.05, 3.63) is 48.2 Å². The first kappa shape index (κ1) is 15.2. The van der Waals surface area contributed by atoms with Gasteiger partial charge in [0.2, 0.25) is 5.91 Å². The number of hydrogen-bond donors (Lipinski definition) is 1. The Morgan fingerprint density at radius 3 is 2.62 bits per heavy atom. The first-order valence-corrected chi connectivity index (χ1v) is 8.20. The maximum absolute atomic E-state index is 13.0. The van der Waals surface area contributed by atoms with Gasteiger partial charge in [0.15, 0.2) is 0 Å². The van der Waals surface area contributed by atoms with E-state index in [4.69, 9.17) is 0 Å². The van der Waals surface area contributed by atoms with Gasteiger partial charge in [0.05, 0.1) is 5.69 Å². The van der Waals surface area contributed by atoms with Gasteiger partial charge < -0.3 is 5.32 Å². The van der Waals surface area contributed by atoms with Crippen molar-refractivity contribution < 1.29 is 13.6 Å². The molecule has 3 atom stereocenters. The van der Waals surface area contributed by atoms with Crippen molar-refractivity contribution in [3.63, 3.8) is 0 Å². The molecule has 2 aliphatic carbocycles. The molecule has 1 N–H and O–H groups in total. The molecule has 3 nitrogen and oxygen atoms in total. The second kappa shape index (κ2) is 5.36. The summed E-state index contributed by atoms with van der Waals surface area (Å²) in [6.07, 6.45) is 2.51. The monoisotopic (exact) mass is 328 g/mol. The summed E-state index contributed by atoms with van der Waals surface area (Å²) in [5.41, 5.74) is 3.54. The molecule has 4 rings (SSSR count). The van der Waals surface area contributed by atoms with E-state index in [1.165, 1.54) is 5.56 Å². The van der Waals surface area contributed by atoms with Crippen LogP contribution in [-0.4, -0.2) is 16.8 Å². The van der Waals surface area contributed by atoms with Gasteiger partial charge >= 0.3 is 0 Å². The lowest BCUT2D eigenvalue weighted by molar-refractivity contribution is -0.119. The maximum atomic E-state index is 13.0. The molecular formula is C19H18F2N2O. The molecule has 0 unspecified atom stereocenters. The van der Waals surface area contributed by atoms with E-state index in [-0.39, 0.29) is 6.42 Å². The highest BCUT2D eigenvalue weighted by atomic mass is 19.3. The summed E-state index contributed by atoms with van der Waals surface area (Å²) in [4.78, 5) is 16.3. The van der Waals surface area contributed by atoms with Crippen LogP contribution >= 0.6 is 0 Å². The number of nitrogens with one attached hydrogen (secondary N) is 1. The standard InChI is InChI=1S/C19H18F2N2O/c1-11-8-14(11)13-6-5-12(23-18(24)16-10-19(16,20)21)9-15(13)17-4-2-3-7-22-17/h2-7,9,11,14,16H,8,10H2,1H3,(H,23,24)/t11-,14-,16-/m1/s1. The van der Waals surface area contributed by atoms with E-state index in [0.29, 0.717) is 17.5 Å². The quantitative estimate of drug-likeness (QED) is 0.900. The Bertz CT molecular complexity index is 791. The maximum Gasteiger partial charge on any atom is 0.260 e. The average Bonchev–Trinajstić information content (AvgIpc) is 3.45. The lowest BCUT2D eigenvalue weighted by Gasteiger charge is -2.12. The number of rotatable bonds is 4. The Kier molecular flexibility index (Phi) is 3.41. The third kappa shape index (κ3) is 2.79. The summed E-state index contributed by atoms with van der Waals surface area (Å²) < 4.78 is 26.1. The lowest BCUT2D eigenvalue weighted by Crippen LogP contribution is -2.17. The van der Waals surface area contributed by atoms with E-state index in [1.54, 1.807) is 12.3 Å². The van der Waals surface area contributed by atoms with Crippen molar-refractivity contribution >= 4 is 11.6 Å². The van der Waals surface area contributed by atoms with Crippen LogP contribution in [0.15, 0.2) is 42.6 Å². The van der Waals surface area contributed by atoms with Crippen LogP contribution in [0.1, 0.15) is 31.2 Å². The van der Waals surface area contributed by atoms with Gasteiger partial charge in [-0.05, 0) is 48.1 Å². The summed E-state index contributed by atoms with van der Waals surface area (Å²) in [5, 5.41) is 2.62. The van der Waals surface area contributed by atoms with Crippen LogP contribution in [0.2, 0.25) is 0 Å². The molecule has 2 aromatic rings. The zero-order valence-corrected chi connectivity index (χ0v) is 13.3. The Morgan fingerprint density at radius 2 is 2.04 bits per heavy atom. The lowest BCUT2D eigenvalue weighted by atomic mass is 9.98. The van der Waals surface area contributed by atoms with E-state index in [2.05, 4.69) is 17.2 Å². The zero-order chi connectivity index (χ0) is 16.9. The Labute approximate surface area is 139 Å². The molecule has 5 heteroatoms. The summed E-state index contributed by atoms with van der Waals surface area (Å²) >= 11 is 0. The first-order chi connectivity index (χ1) is 11.5. The smallest absolute Gasteiger partial charge is 0.260 e. The highest BCUT2D eigenvalue weighted by Crippen LogP contribution is 2.51. The number of halogens is 2. The van der Waals surface area contributed by atoms with E-state index >= 15 is 0 Å². The largest absolute Gasteiger partial charge is 0.326 e. The molecule has 2 aliphatic rings. The molecule has 124 valence electrons. The fraction of sp³-hybridized carbons (Fsp3) is 0.368. The average molecular weight is 328 g/mol. The van der Waals surface area contributed by atoms with Gasteiger partial charge in [-0.1, -0.05) is 19.1 Å². The van der Waals surface area contributed by atoms with Crippen LogP contribution in [0.5, 0.6) is 0 Å². The molecule has 1 amide bonds. The molecule has 1 aromatic heterocycles. The van der Waals surface area contributed by atoms with Gasteiger partial charge in [0, 0.05) is 23.9 Å². The van der Waals surface area contributed by atoms with E-state index in [9.17, 15) is 13.6 Å². The molecular weight excluding hydrogens is 310 g/mol. The molecule has 0 bridgehead atoms. The van der Waals surface area contributed by atoms with Crippen molar-refractivity contribution in [1.82, 2.24) is 4.98 Å². The summed E-state index contributed by atoms with van der Waals surface area (Å²) in [5.74, 6) is -3.52. The summed E-state index contributed by atoms with van der Waals surface area (Å²) in [6.45, 7) is 2.21. The third-order valence-electron chi connectivity index (χ3n) is 4.91. The van der Waals surface area contributed by atoms with Gasteiger partial charge in [-0.2, -0.15) is 0 Å². The summed E-state index contributed by atoms with van der Waals surface area (Å²) in [6, 6.07) is 11.3. The van der Waals surface area contributed by atoms with Crippen molar-refractivity contribution in [1.29, 1.82) is 0 Å². The molecule has 0 spiro atoms. The van der Waals surface area contributed by atoms with Crippen LogP contribution in [0.25, 0.3) is 11.3 Å². The van der Waals surface area contributed by atoms with E-state index in [1.807, 2.05) is 30.3 Å². The molecule has 0 radical (unpaired) electrons. The minimum absolute atomic E-state index is 0.358. The third-order valence-corrected chi connectivity index (χ3v) is 4.91. The van der Waals surface area contributed by atoms with Crippen molar-refractivity contribution in [2.75, 3.05) is 5.32 Å².